The van der Waals surface area contributed by atoms with Gasteiger partial charge >= 0.3 is 12.4 Å². The van der Waals surface area contributed by atoms with Crippen molar-refractivity contribution in [2.24, 2.45) is 17.8 Å². The number of carboxylic acids is 2. The summed E-state index contributed by atoms with van der Waals surface area (Å²) in [5, 5.41) is 24.7. The summed E-state index contributed by atoms with van der Waals surface area (Å²) in [6.07, 6.45) is 8.41. The summed E-state index contributed by atoms with van der Waals surface area (Å²) in [5.74, 6) is -0.957. The number of fused-ring (bicyclic) bond motifs is 10. The van der Waals surface area contributed by atoms with Crippen molar-refractivity contribution in [2.75, 3.05) is 52.4 Å². The number of halogens is 6. The molecule has 2 atom stereocenters. The van der Waals surface area contributed by atoms with Crippen LogP contribution in [0.25, 0.3) is 0 Å². The number of amides is 2. The molecule has 4 aromatic carbocycles. The second-order valence-electron chi connectivity index (χ2n) is 22.5. The predicted molar refractivity (Wildman–Crippen MR) is 276 cm³/mol. The van der Waals surface area contributed by atoms with Crippen LogP contribution in [-0.4, -0.2) is 110 Å². The van der Waals surface area contributed by atoms with Gasteiger partial charge in [0.05, 0.1) is 76.3 Å². The number of para-hydroxylation sites is 4. The molecule has 1 saturated carbocycles. The van der Waals surface area contributed by atoms with E-state index in [0.717, 1.165) is 64.3 Å². The molecule has 12 nitrogen and oxygen atoms in total. The number of ether oxygens (including phenoxy) is 2. The van der Waals surface area contributed by atoms with Gasteiger partial charge in [-0.05, 0) is 61.8 Å². The van der Waals surface area contributed by atoms with E-state index in [1.165, 1.54) is 138 Å². The topological polar surface area (TPSA) is 157 Å². The number of nitrogens with one attached hydrogen (secondary N) is 2. The highest BCUT2D eigenvalue weighted by Gasteiger charge is 2.49. The molecule has 8 aliphatic heterocycles. The zero-order valence-electron chi connectivity index (χ0n) is 44.3. The van der Waals surface area contributed by atoms with E-state index in [2.05, 4.69) is 17.6 Å². The van der Waals surface area contributed by atoms with Crippen LogP contribution in [0.4, 0.5) is 26.3 Å². The van der Waals surface area contributed by atoms with Crippen LogP contribution in [0.2, 0.25) is 0 Å². The molecule has 1 aliphatic carbocycles. The number of carbonyl (C=O) groups excluding carboxylic acids is 4. The van der Waals surface area contributed by atoms with E-state index in [1.807, 2.05) is 97.1 Å². The number of rotatable bonds is 12. The third kappa shape index (κ3) is 14.2. The Morgan fingerprint density at radius 2 is 0.859 bits per heavy atom. The maximum absolute atomic E-state index is 13.8. The number of aliphatic carboxylic acids is 2. The first-order chi connectivity index (χ1) is 37.3. The monoisotopic (exact) mass is 1090 g/mol. The second-order valence-corrected chi connectivity index (χ2v) is 22.5. The molecule has 8 heterocycles. The van der Waals surface area contributed by atoms with Gasteiger partial charge in [-0.3, -0.25) is 9.59 Å². The van der Waals surface area contributed by atoms with Gasteiger partial charge in [0.25, 0.3) is 0 Å². The molecular formula is C60H72F6N4O8. The van der Waals surface area contributed by atoms with Crippen molar-refractivity contribution in [1.29, 1.82) is 0 Å². The molecule has 9 aliphatic rings. The highest BCUT2D eigenvalue weighted by atomic mass is 19.4. The Labute approximate surface area is 452 Å². The number of piperidine rings is 6. The van der Waals surface area contributed by atoms with E-state index in [4.69, 9.17) is 29.3 Å². The van der Waals surface area contributed by atoms with E-state index in [9.17, 15) is 35.9 Å². The van der Waals surface area contributed by atoms with Crippen LogP contribution in [-0.2, 0) is 19.2 Å². The molecule has 4 bridgehead atoms. The molecule has 2 amide bonds. The van der Waals surface area contributed by atoms with Crippen LogP contribution in [0.5, 0.6) is 23.0 Å². The largest absolute Gasteiger partial charge is 0.542 e. The van der Waals surface area contributed by atoms with Gasteiger partial charge in [0, 0.05) is 53.9 Å². The maximum atomic E-state index is 13.8. The van der Waals surface area contributed by atoms with Gasteiger partial charge in [0.15, 0.2) is 0 Å². The zero-order chi connectivity index (χ0) is 55.7. The Kier molecular flexibility index (Phi) is 18.8. The number of unbranched alkanes of at least 4 members (excludes halogenated alkanes) is 4. The second kappa shape index (κ2) is 25.3. The van der Waals surface area contributed by atoms with Crippen LogP contribution in [0.3, 0.4) is 0 Å². The van der Waals surface area contributed by atoms with Crippen LogP contribution < -0.4 is 30.3 Å². The third-order valence-corrected chi connectivity index (χ3v) is 17.3. The normalized spacial score (nSPS) is 24.9. The van der Waals surface area contributed by atoms with Gasteiger partial charge in [-0.15, -0.1) is 0 Å². The minimum absolute atomic E-state index is 0.132. The van der Waals surface area contributed by atoms with Gasteiger partial charge in [-0.1, -0.05) is 118 Å². The average molecular weight is 1090 g/mol. The minimum atomic E-state index is -5.19. The van der Waals surface area contributed by atoms with Crippen molar-refractivity contribution in [3.8, 4) is 23.0 Å². The lowest BCUT2D eigenvalue weighted by Crippen LogP contribution is -2.68. The summed E-state index contributed by atoms with van der Waals surface area (Å²) in [5.41, 5.74) is 3.92. The van der Waals surface area contributed by atoms with E-state index in [-0.39, 0.29) is 23.7 Å². The summed E-state index contributed by atoms with van der Waals surface area (Å²) in [4.78, 5) is 45.1. The van der Waals surface area contributed by atoms with Gasteiger partial charge < -0.3 is 48.9 Å². The molecule has 0 radical (unpaired) electrons. The molecular weight excluding hydrogens is 1020 g/mol. The van der Waals surface area contributed by atoms with Crippen molar-refractivity contribution in [3.63, 3.8) is 0 Å². The summed E-state index contributed by atoms with van der Waals surface area (Å²) >= 11 is 0. The number of alkyl halides is 6. The summed E-state index contributed by atoms with van der Waals surface area (Å²) in [7, 11) is 0. The summed E-state index contributed by atoms with van der Waals surface area (Å²) < 4.78 is 77.8. The van der Waals surface area contributed by atoms with Crippen LogP contribution in [0.1, 0.15) is 131 Å². The number of carboxylic acid groups (broad SMARTS) is 2. The number of nitrogens with zero attached hydrogens (tertiary/aromatic N) is 2. The SMILES string of the molecule is CCCCCCC[N+]12CCC(CC1)[C@H](NC(=O)C1c3ccccc3Oc3ccccc31)C2.O=C(N[C@@H]1C[N+]2(CC3CCCCC3)CCC1CC2)C1c2ccccc2Oc2ccccc21.O=C([O-])C(F)(F)F.O=C([O-])C(F)(F)F. The molecule has 0 unspecified atom stereocenters. The minimum Gasteiger partial charge on any atom is -0.542 e. The van der Waals surface area contributed by atoms with Crippen molar-refractivity contribution in [3.05, 3.63) is 119 Å². The molecule has 78 heavy (non-hydrogen) atoms. The number of carbonyl (C=O) groups is 4. The lowest BCUT2D eigenvalue weighted by Gasteiger charge is -2.54. The molecule has 422 valence electrons. The van der Waals surface area contributed by atoms with Crippen molar-refractivity contribution in [1.82, 2.24) is 10.6 Å². The van der Waals surface area contributed by atoms with Crippen LogP contribution in [0, 0.1) is 17.8 Å². The molecule has 0 aromatic heterocycles. The first-order valence-electron chi connectivity index (χ1n) is 27.9. The summed E-state index contributed by atoms with van der Waals surface area (Å²) in [6, 6.07) is 32.6. The smallest absolute Gasteiger partial charge is 0.430 e. The predicted octanol–water partition coefficient (Wildman–Crippen LogP) is 9.45. The molecule has 6 saturated heterocycles. The van der Waals surface area contributed by atoms with Crippen LogP contribution in [0.15, 0.2) is 97.1 Å². The quantitative estimate of drug-likeness (QED) is 0.0808. The number of quaternary nitrogens is 2. The number of hydrogen-bond acceptors (Lipinski definition) is 8. The molecule has 7 fully saturated rings. The first kappa shape index (κ1) is 58.0. The van der Waals surface area contributed by atoms with Crippen LogP contribution >= 0.6 is 0 Å². The van der Waals surface area contributed by atoms with E-state index < -0.39 is 24.3 Å². The fourth-order valence-corrected chi connectivity index (χ4v) is 13.4. The molecule has 0 spiro atoms. The number of benzene rings is 4. The molecule has 18 heteroatoms. The molecule has 4 aromatic rings. The molecule has 13 rings (SSSR count). The zero-order valence-corrected chi connectivity index (χ0v) is 44.3. The highest BCUT2D eigenvalue weighted by molar-refractivity contribution is 5.90. The van der Waals surface area contributed by atoms with E-state index in [1.54, 1.807) is 0 Å². The fourth-order valence-electron chi connectivity index (χ4n) is 13.4. The Balaban J connectivity index is 0.000000166. The first-order valence-corrected chi connectivity index (χ1v) is 27.9. The van der Waals surface area contributed by atoms with Crippen molar-refractivity contribution >= 4 is 23.8 Å². The van der Waals surface area contributed by atoms with Gasteiger partial charge in [0.2, 0.25) is 11.8 Å². The number of hydrogen-bond donors (Lipinski definition) is 2. The Morgan fingerprint density at radius 1 is 0.513 bits per heavy atom. The average Bonchev–Trinajstić information content (AvgIpc) is 3.57. The van der Waals surface area contributed by atoms with Gasteiger partial charge in [0.1, 0.15) is 34.9 Å². The van der Waals surface area contributed by atoms with E-state index >= 15 is 0 Å². The highest BCUT2D eigenvalue weighted by Crippen LogP contribution is 2.47. The summed E-state index contributed by atoms with van der Waals surface area (Å²) in [6.45, 7) is 12.4. The maximum Gasteiger partial charge on any atom is 0.430 e. The Morgan fingerprint density at radius 3 is 1.23 bits per heavy atom. The van der Waals surface area contributed by atoms with Crippen molar-refractivity contribution < 1.29 is 74.2 Å². The third-order valence-electron chi connectivity index (χ3n) is 17.3. The fraction of sp³-hybridized carbons (Fsp3) is 0.533. The standard InChI is InChI=1S/C28H34N2O2.C28H36N2O2.2C2HF3O2/c31-28(27-22-10-4-6-12-25(22)32-26-13-7-5-11-23(26)27)29-24-19-30(16-14-21(24)15-17-30)18-20-8-2-1-3-9-20;1-2-3-4-5-10-17-30-18-15-21(16-19-30)24(20-30)29-28(31)27-22-11-6-8-13-25(22)32-26-14-9-7-12-23(26)27;2*3-2(4,5)1(6)7/h4-7,10-13,20-21,24,27H,1-3,8-9,14-19H2;6-9,11-14,21,24,27H,2-5,10,15-20H2,1H3;2*(H,6,7)/t2*21?,24-,30?;;/m11../s1. The van der Waals surface area contributed by atoms with E-state index in [0.29, 0.717) is 23.9 Å². The Bertz CT molecular complexity index is 2580. The lowest BCUT2D eigenvalue weighted by atomic mass is 9.79. The van der Waals surface area contributed by atoms with Gasteiger partial charge in [-0.25, -0.2) is 0 Å². The molecule has 2 N–H and O–H groups in total. The Hall–Kier alpha value is -6.14. The lowest BCUT2D eigenvalue weighted by molar-refractivity contribution is -0.946. The van der Waals surface area contributed by atoms with Crippen molar-refractivity contribution in [2.45, 2.75) is 133 Å². The van der Waals surface area contributed by atoms with Gasteiger partial charge in [-0.2, -0.15) is 26.3 Å².